The van der Waals surface area contributed by atoms with Crippen molar-refractivity contribution in [2.45, 2.75) is 39.0 Å². The number of likely N-dealkylation sites (tertiary alicyclic amines) is 1. The summed E-state index contributed by atoms with van der Waals surface area (Å²) >= 11 is 1.36. The lowest BCUT2D eigenvalue weighted by molar-refractivity contribution is -0.144. The second-order valence-corrected chi connectivity index (χ2v) is 8.43. The Bertz CT molecular complexity index is 729. The molecule has 142 valence electrons. The number of hydrogen-bond acceptors (Lipinski definition) is 5. The van der Waals surface area contributed by atoms with Gasteiger partial charge >= 0.3 is 11.9 Å². The lowest BCUT2D eigenvalue weighted by atomic mass is 9.88. The van der Waals surface area contributed by atoms with Crippen molar-refractivity contribution in [1.82, 2.24) is 4.90 Å². The van der Waals surface area contributed by atoms with Crippen LogP contribution in [0.5, 0.6) is 0 Å². The number of nitrogens with one attached hydrogen (secondary N) is 1. The summed E-state index contributed by atoms with van der Waals surface area (Å²) < 4.78 is 0. The smallest absolute Gasteiger partial charge is 0.339 e. The molecule has 1 aliphatic carbocycles. The van der Waals surface area contributed by atoms with Gasteiger partial charge in [0, 0.05) is 11.4 Å². The summed E-state index contributed by atoms with van der Waals surface area (Å²) in [6, 6.07) is 0. The number of thiophene rings is 1. The van der Waals surface area contributed by atoms with E-state index < -0.39 is 17.9 Å². The first-order valence-electron chi connectivity index (χ1n) is 8.98. The van der Waals surface area contributed by atoms with Gasteiger partial charge in [-0.1, -0.05) is 6.92 Å². The van der Waals surface area contributed by atoms with Gasteiger partial charge in [0.15, 0.2) is 0 Å². The largest absolute Gasteiger partial charge is 0.481 e. The van der Waals surface area contributed by atoms with E-state index in [0.717, 1.165) is 36.1 Å². The van der Waals surface area contributed by atoms with Gasteiger partial charge in [0.2, 0.25) is 5.91 Å². The third kappa shape index (κ3) is 4.07. The van der Waals surface area contributed by atoms with Crippen LogP contribution in [0.1, 0.15) is 47.0 Å². The highest BCUT2D eigenvalue weighted by Gasteiger charge is 2.29. The van der Waals surface area contributed by atoms with Crippen molar-refractivity contribution in [1.29, 1.82) is 0 Å². The first kappa shape index (κ1) is 18.8. The molecule has 0 bridgehead atoms. The maximum absolute atomic E-state index is 12.4. The van der Waals surface area contributed by atoms with Gasteiger partial charge in [0.25, 0.3) is 0 Å². The maximum Gasteiger partial charge on any atom is 0.339 e. The number of fused-ring (bicyclic) bond motifs is 1. The van der Waals surface area contributed by atoms with Crippen molar-refractivity contribution >= 4 is 34.2 Å². The van der Waals surface area contributed by atoms with E-state index in [4.69, 9.17) is 5.11 Å². The van der Waals surface area contributed by atoms with E-state index in [1.54, 1.807) is 0 Å². The Labute approximate surface area is 156 Å². The third-order valence-electron chi connectivity index (χ3n) is 5.20. The standard InChI is InChI=1S/C18H24N2O5S/c1-10-4-5-12-13(7-10)26-16(15(12)18(24)25)19-14(21)9-20-6-2-3-11(8-20)17(22)23/h10-11H,2-9H2,1H3,(H,19,21)(H,22,23)(H,24,25). The number of carboxylic acids is 2. The van der Waals surface area contributed by atoms with E-state index in [0.29, 0.717) is 30.4 Å². The molecule has 0 spiro atoms. The SMILES string of the molecule is CC1CCc2c(sc(NC(=O)CN3CCCC(C(=O)O)C3)c2C(=O)O)C1. The van der Waals surface area contributed by atoms with E-state index in [9.17, 15) is 19.5 Å². The highest BCUT2D eigenvalue weighted by molar-refractivity contribution is 7.17. The summed E-state index contributed by atoms with van der Waals surface area (Å²) in [5.41, 5.74) is 1.09. The van der Waals surface area contributed by atoms with Crippen molar-refractivity contribution < 1.29 is 24.6 Å². The molecule has 1 amide bonds. The molecule has 0 radical (unpaired) electrons. The Kier molecular flexibility index (Phi) is 5.62. The summed E-state index contributed by atoms with van der Waals surface area (Å²) in [6.45, 7) is 3.27. The third-order valence-corrected chi connectivity index (χ3v) is 6.37. The average Bonchev–Trinajstić information content (AvgIpc) is 2.91. The number of hydrogen-bond donors (Lipinski definition) is 3. The first-order chi connectivity index (χ1) is 12.3. The molecule has 2 unspecified atom stereocenters. The molecule has 0 saturated carbocycles. The number of aliphatic carboxylic acids is 1. The number of rotatable bonds is 5. The van der Waals surface area contributed by atoms with Crippen LogP contribution in [-0.4, -0.2) is 52.6 Å². The molecular weight excluding hydrogens is 356 g/mol. The van der Waals surface area contributed by atoms with Gasteiger partial charge in [0.05, 0.1) is 18.0 Å². The fourth-order valence-corrected chi connectivity index (χ4v) is 5.25. The van der Waals surface area contributed by atoms with Crippen LogP contribution in [0.15, 0.2) is 0 Å². The Morgan fingerprint density at radius 3 is 2.73 bits per heavy atom. The lowest BCUT2D eigenvalue weighted by Crippen LogP contribution is -2.42. The van der Waals surface area contributed by atoms with Crippen LogP contribution in [0.4, 0.5) is 5.00 Å². The van der Waals surface area contributed by atoms with E-state index >= 15 is 0 Å². The van der Waals surface area contributed by atoms with Crippen LogP contribution in [0, 0.1) is 11.8 Å². The van der Waals surface area contributed by atoms with Gasteiger partial charge in [0.1, 0.15) is 5.00 Å². The lowest BCUT2D eigenvalue weighted by Gasteiger charge is -2.29. The van der Waals surface area contributed by atoms with Crippen molar-refractivity contribution in [3.8, 4) is 0 Å². The fraction of sp³-hybridized carbons (Fsp3) is 0.611. The zero-order valence-electron chi connectivity index (χ0n) is 14.8. The van der Waals surface area contributed by atoms with Gasteiger partial charge in [-0.15, -0.1) is 11.3 Å². The fourth-order valence-electron chi connectivity index (χ4n) is 3.84. The summed E-state index contributed by atoms with van der Waals surface area (Å²) in [4.78, 5) is 38.2. The van der Waals surface area contributed by atoms with Crippen LogP contribution in [0.2, 0.25) is 0 Å². The molecule has 1 aliphatic heterocycles. The first-order valence-corrected chi connectivity index (χ1v) is 9.79. The van der Waals surface area contributed by atoms with Crippen molar-refractivity contribution in [3.63, 3.8) is 0 Å². The van der Waals surface area contributed by atoms with Gasteiger partial charge in [-0.05, 0) is 50.1 Å². The molecule has 26 heavy (non-hydrogen) atoms. The van der Waals surface area contributed by atoms with Crippen LogP contribution >= 0.6 is 11.3 Å². The molecule has 8 heteroatoms. The van der Waals surface area contributed by atoms with Gasteiger partial charge in [-0.3, -0.25) is 14.5 Å². The highest BCUT2D eigenvalue weighted by Crippen LogP contribution is 2.39. The second kappa shape index (κ2) is 7.75. The summed E-state index contributed by atoms with van der Waals surface area (Å²) in [5, 5.41) is 21.9. The van der Waals surface area contributed by atoms with Crippen molar-refractivity contribution in [3.05, 3.63) is 16.0 Å². The van der Waals surface area contributed by atoms with E-state index in [-0.39, 0.29) is 18.0 Å². The van der Waals surface area contributed by atoms with E-state index in [2.05, 4.69) is 12.2 Å². The summed E-state index contributed by atoms with van der Waals surface area (Å²) in [5.74, 6) is -2.04. The molecule has 1 aromatic rings. The predicted molar refractivity (Wildman–Crippen MR) is 97.9 cm³/mol. The molecular formula is C18H24N2O5S. The average molecular weight is 380 g/mol. The molecule has 1 saturated heterocycles. The number of aromatic carboxylic acids is 1. The molecule has 7 nitrogen and oxygen atoms in total. The number of carbonyl (C=O) groups excluding carboxylic acids is 1. The monoisotopic (exact) mass is 380 g/mol. The Balaban J connectivity index is 1.69. The number of carbonyl (C=O) groups is 3. The Morgan fingerprint density at radius 2 is 2.04 bits per heavy atom. The number of nitrogens with zero attached hydrogens (tertiary/aromatic N) is 1. The minimum atomic E-state index is -1.00. The van der Waals surface area contributed by atoms with Crippen molar-refractivity contribution in [2.24, 2.45) is 11.8 Å². The number of amides is 1. The minimum Gasteiger partial charge on any atom is -0.481 e. The zero-order chi connectivity index (χ0) is 18.8. The topological polar surface area (TPSA) is 107 Å². The van der Waals surface area contributed by atoms with Gasteiger partial charge < -0.3 is 15.5 Å². The molecule has 2 atom stereocenters. The Morgan fingerprint density at radius 1 is 1.27 bits per heavy atom. The van der Waals surface area contributed by atoms with Crippen LogP contribution in [-0.2, 0) is 22.4 Å². The second-order valence-electron chi connectivity index (χ2n) is 7.32. The maximum atomic E-state index is 12.4. The molecule has 2 heterocycles. The number of piperidine rings is 1. The quantitative estimate of drug-likeness (QED) is 0.724. The van der Waals surface area contributed by atoms with Crippen LogP contribution in [0.25, 0.3) is 0 Å². The molecule has 1 fully saturated rings. The zero-order valence-corrected chi connectivity index (χ0v) is 15.6. The van der Waals surface area contributed by atoms with E-state index in [1.807, 2.05) is 4.90 Å². The highest BCUT2D eigenvalue weighted by atomic mass is 32.1. The predicted octanol–water partition coefficient (Wildman–Crippen LogP) is 2.31. The Hall–Kier alpha value is -1.93. The molecule has 3 rings (SSSR count). The summed E-state index contributed by atoms with van der Waals surface area (Å²) in [6.07, 6.45) is 3.92. The minimum absolute atomic E-state index is 0.0851. The van der Waals surface area contributed by atoms with Gasteiger partial charge in [-0.25, -0.2) is 4.79 Å². The van der Waals surface area contributed by atoms with Gasteiger partial charge in [-0.2, -0.15) is 0 Å². The van der Waals surface area contributed by atoms with E-state index in [1.165, 1.54) is 11.3 Å². The normalized spacial score (nSPS) is 23.3. The molecule has 1 aromatic heterocycles. The molecule has 2 aliphatic rings. The summed E-state index contributed by atoms with van der Waals surface area (Å²) in [7, 11) is 0. The van der Waals surface area contributed by atoms with Crippen molar-refractivity contribution in [2.75, 3.05) is 25.0 Å². The number of carboxylic acid groups (broad SMARTS) is 2. The van der Waals surface area contributed by atoms with Crippen LogP contribution in [0.3, 0.4) is 0 Å². The van der Waals surface area contributed by atoms with Crippen LogP contribution < -0.4 is 5.32 Å². The molecule has 0 aromatic carbocycles. The number of anilines is 1. The molecule has 3 N–H and O–H groups in total.